The van der Waals surface area contributed by atoms with Crippen molar-refractivity contribution in [3.05, 3.63) is 23.2 Å². The highest BCUT2D eigenvalue weighted by atomic mass is 16.5. The maximum atomic E-state index is 10.8. The van der Waals surface area contributed by atoms with E-state index in [9.17, 15) is 4.79 Å². The molecule has 1 aromatic heterocycles. The Morgan fingerprint density at radius 1 is 1.59 bits per heavy atom. The lowest BCUT2D eigenvalue weighted by Crippen LogP contribution is -2.15. The molecule has 96 valence electrons. The smallest absolute Gasteiger partial charge is 0.339 e. The molecule has 0 saturated carbocycles. The fourth-order valence-electron chi connectivity index (χ4n) is 1.38. The summed E-state index contributed by atoms with van der Waals surface area (Å²) < 4.78 is 16.0. The molecule has 5 nitrogen and oxygen atoms in total. The van der Waals surface area contributed by atoms with E-state index in [1.165, 1.54) is 6.07 Å². The van der Waals surface area contributed by atoms with Crippen molar-refractivity contribution in [2.24, 2.45) is 0 Å². The molecule has 5 heteroatoms. The molecule has 1 rings (SSSR count). The summed E-state index contributed by atoms with van der Waals surface area (Å²) in [4.78, 5) is 10.8. The van der Waals surface area contributed by atoms with Crippen LogP contribution in [0.5, 0.6) is 0 Å². The average molecular weight is 242 g/mol. The molecule has 0 aliphatic rings. The largest absolute Gasteiger partial charge is 0.478 e. The van der Waals surface area contributed by atoms with Gasteiger partial charge in [0.25, 0.3) is 0 Å². The van der Waals surface area contributed by atoms with Crippen LogP contribution in [0.4, 0.5) is 0 Å². The highest BCUT2D eigenvalue weighted by Gasteiger charge is 2.14. The number of rotatable bonds is 7. The van der Waals surface area contributed by atoms with Crippen LogP contribution in [-0.2, 0) is 16.1 Å². The number of carboxylic acids is 1. The topological polar surface area (TPSA) is 68.9 Å². The fourth-order valence-corrected chi connectivity index (χ4v) is 1.38. The molecule has 1 unspecified atom stereocenters. The molecule has 1 N–H and O–H groups in total. The molecule has 1 aromatic rings. The highest BCUT2D eigenvalue weighted by molar-refractivity contribution is 5.88. The predicted molar refractivity (Wildman–Crippen MR) is 61.1 cm³/mol. The molecule has 0 aromatic carbocycles. The molecule has 0 aliphatic carbocycles. The standard InChI is InChI=1S/C12H18O5/c1-4-15-6-8(2)16-7-10-5-11(12(13)14)9(3)17-10/h5,8H,4,6-7H2,1-3H3,(H,13,14). The van der Waals surface area contributed by atoms with Gasteiger partial charge in [-0.25, -0.2) is 4.79 Å². The van der Waals surface area contributed by atoms with Gasteiger partial charge in [0.05, 0.1) is 12.7 Å². The van der Waals surface area contributed by atoms with Gasteiger partial charge in [0.2, 0.25) is 0 Å². The lowest BCUT2D eigenvalue weighted by Gasteiger charge is -2.11. The van der Waals surface area contributed by atoms with Gasteiger partial charge in [-0.15, -0.1) is 0 Å². The molecule has 1 atom stereocenters. The van der Waals surface area contributed by atoms with Gasteiger partial charge in [-0.2, -0.15) is 0 Å². The number of aryl methyl sites for hydroxylation is 1. The number of carboxylic acid groups (broad SMARTS) is 1. The van der Waals surface area contributed by atoms with Gasteiger partial charge in [0.1, 0.15) is 23.7 Å². The maximum absolute atomic E-state index is 10.8. The van der Waals surface area contributed by atoms with Crippen LogP contribution >= 0.6 is 0 Å². The van der Waals surface area contributed by atoms with Crippen molar-refractivity contribution >= 4 is 5.97 Å². The van der Waals surface area contributed by atoms with Gasteiger partial charge in [-0.1, -0.05) is 0 Å². The third-order valence-electron chi connectivity index (χ3n) is 2.27. The third kappa shape index (κ3) is 4.20. The molecule has 17 heavy (non-hydrogen) atoms. The van der Waals surface area contributed by atoms with Gasteiger partial charge in [0.15, 0.2) is 0 Å². The number of hydrogen-bond acceptors (Lipinski definition) is 4. The number of furan rings is 1. The summed E-state index contributed by atoms with van der Waals surface area (Å²) in [6.45, 7) is 6.85. The predicted octanol–water partition coefficient (Wildman–Crippen LogP) is 2.23. The number of carbonyl (C=O) groups is 1. The Labute approximate surface area is 100 Å². The number of hydrogen-bond donors (Lipinski definition) is 1. The van der Waals surface area contributed by atoms with E-state index in [1.807, 2.05) is 13.8 Å². The van der Waals surface area contributed by atoms with Gasteiger partial charge in [-0.05, 0) is 26.8 Å². The van der Waals surface area contributed by atoms with Crippen LogP contribution in [0.1, 0.15) is 35.7 Å². The van der Waals surface area contributed by atoms with Crippen LogP contribution in [0.15, 0.2) is 10.5 Å². The maximum Gasteiger partial charge on any atom is 0.339 e. The Morgan fingerprint density at radius 3 is 2.82 bits per heavy atom. The van der Waals surface area contributed by atoms with Crippen molar-refractivity contribution in [3.63, 3.8) is 0 Å². The van der Waals surface area contributed by atoms with Crippen molar-refractivity contribution < 1.29 is 23.8 Å². The average Bonchev–Trinajstić information content (AvgIpc) is 2.65. The Bertz CT molecular complexity index is 369. The van der Waals surface area contributed by atoms with Crippen molar-refractivity contribution in [2.45, 2.75) is 33.5 Å². The first-order valence-corrected chi connectivity index (χ1v) is 5.56. The molecule has 0 aliphatic heterocycles. The Balaban J connectivity index is 2.47. The van der Waals surface area contributed by atoms with Crippen LogP contribution < -0.4 is 0 Å². The first-order valence-electron chi connectivity index (χ1n) is 5.56. The first-order chi connectivity index (χ1) is 8.04. The summed E-state index contributed by atoms with van der Waals surface area (Å²) in [5.41, 5.74) is 0.182. The zero-order chi connectivity index (χ0) is 12.8. The Morgan fingerprint density at radius 2 is 2.29 bits per heavy atom. The van der Waals surface area contributed by atoms with Gasteiger partial charge in [-0.3, -0.25) is 0 Å². The van der Waals surface area contributed by atoms with Crippen LogP contribution in [0, 0.1) is 6.92 Å². The Hall–Kier alpha value is -1.33. The number of aromatic carboxylic acids is 1. The molecule has 0 saturated heterocycles. The van der Waals surface area contributed by atoms with Crippen LogP contribution in [-0.4, -0.2) is 30.4 Å². The molecule has 1 heterocycles. The van der Waals surface area contributed by atoms with E-state index >= 15 is 0 Å². The Kier molecular flexibility index (Phi) is 5.18. The van der Waals surface area contributed by atoms with E-state index in [0.29, 0.717) is 24.7 Å². The lowest BCUT2D eigenvalue weighted by molar-refractivity contribution is -0.0172. The highest BCUT2D eigenvalue weighted by Crippen LogP contribution is 2.15. The molecular formula is C12H18O5. The minimum atomic E-state index is -0.986. The molecule has 0 spiro atoms. The van der Waals surface area contributed by atoms with E-state index in [2.05, 4.69) is 0 Å². The SMILES string of the molecule is CCOCC(C)OCc1cc(C(=O)O)c(C)o1. The van der Waals surface area contributed by atoms with Crippen LogP contribution in [0.2, 0.25) is 0 Å². The summed E-state index contributed by atoms with van der Waals surface area (Å²) in [5, 5.41) is 8.85. The van der Waals surface area contributed by atoms with Crippen molar-refractivity contribution in [1.82, 2.24) is 0 Å². The van der Waals surface area contributed by atoms with E-state index < -0.39 is 5.97 Å². The normalized spacial score (nSPS) is 12.6. The lowest BCUT2D eigenvalue weighted by atomic mass is 10.2. The number of ether oxygens (including phenoxy) is 2. The van der Waals surface area contributed by atoms with E-state index in [1.54, 1.807) is 6.92 Å². The minimum Gasteiger partial charge on any atom is -0.478 e. The fraction of sp³-hybridized carbons (Fsp3) is 0.583. The molecule has 0 fully saturated rings. The molecule has 0 bridgehead atoms. The van der Waals surface area contributed by atoms with Crippen molar-refractivity contribution in [1.29, 1.82) is 0 Å². The molecule has 0 radical (unpaired) electrons. The van der Waals surface area contributed by atoms with Gasteiger partial charge >= 0.3 is 5.97 Å². The minimum absolute atomic E-state index is 0.0476. The second-order valence-corrected chi connectivity index (χ2v) is 3.77. The zero-order valence-electron chi connectivity index (χ0n) is 10.4. The van der Waals surface area contributed by atoms with Crippen LogP contribution in [0.25, 0.3) is 0 Å². The summed E-state index contributed by atoms with van der Waals surface area (Å²) in [5.74, 6) is -0.0725. The quantitative estimate of drug-likeness (QED) is 0.794. The van der Waals surface area contributed by atoms with E-state index in [0.717, 1.165) is 0 Å². The molecular weight excluding hydrogens is 224 g/mol. The third-order valence-corrected chi connectivity index (χ3v) is 2.27. The van der Waals surface area contributed by atoms with Gasteiger partial charge in [0, 0.05) is 6.61 Å². The molecule has 0 amide bonds. The monoisotopic (exact) mass is 242 g/mol. The summed E-state index contributed by atoms with van der Waals surface area (Å²) >= 11 is 0. The first kappa shape index (κ1) is 13.7. The van der Waals surface area contributed by atoms with Crippen molar-refractivity contribution in [3.8, 4) is 0 Å². The summed E-state index contributed by atoms with van der Waals surface area (Å²) in [6.07, 6.45) is -0.0476. The van der Waals surface area contributed by atoms with Crippen LogP contribution in [0.3, 0.4) is 0 Å². The van der Waals surface area contributed by atoms with E-state index in [4.69, 9.17) is 19.0 Å². The van der Waals surface area contributed by atoms with E-state index in [-0.39, 0.29) is 18.3 Å². The summed E-state index contributed by atoms with van der Waals surface area (Å²) in [6, 6.07) is 1.49. The zero-order valence-corrected chi connectivity index (χ0v) is 10.4. The summed E-state index contributed by atoms with van der Waals surface area (Å²) in [7, 11) is 0. The second-order valence-electron chi connectivity index (χ2n) is 3.77. The van der Waals surface area contributed by atoms with Crippen molar-refractivity contribution in [2.75, 3.05) is 13.2 Å². The second kappa shape index (κ2) is 6.42. The van der Waals surface area contributed by atoms with Gasteiger partial charge < -0.3 is 19.0 Å².